The predicted octanol–water partition coefficient (Wildman–Crippen LogP) is 0.671. The van der Waals surface area contributed by atoms with Crippen LogP contribution < -0.4 is 0 Å². The molecule has 0 aliphatic carbocycles. The van der Waals surface area contributed by atoms with E-state index in [1.807, 2.05) is 30.3 Å². The summed E-state index contributed by atoms with van der Waals surface area (Å²) in [4.78, 5) is 0. The maximum Gasteiger partial charge on any atom is 0.181 e. The summed E-state index contributed by atoms with van der Waals surface area (Å²) in [6, 6.07) is 9.84. The fraction of sp³-hybridized carbons (Fsp3) is 0.500. The van der Waals surface area contributed by atoms with Crippen LogP contribution in [-0.4, -0.2) is 35.3 Å². The van der Waals surface area contributed by atoms with Crippen molar-refractivity contribution in [3.8, 4) is 0 Å². The zero-order chi connectivity index (χ0) is 11.4. The summed E-state index contributed by atoms with van der Waals surface area (Å²) >= 11 is 0. The molecule has 0 aromatic heterocycles. The molecule has 0 saturated carbocycles. The fourth-order valence-electron chi connectivity index (χ4n) is 1.72. The van der Waals surface area contributed by atoms with E-state index in [4.69, 9.17) is 14.6 Å². The van der Waals surface area contributed by atoms with Crippen LogP contribution in [0.2, 0.25) is 0 Å². The van der Waals surface area contributed by atoms with Gasteiger partial charge in [-0.1, -0.05) is 30.3 Å². The molecular formula is C12H16O4. The molecule has 1 heterocycles. The molecule has 1 saturated heterocycles. The molecule has 0 unspecified atom stereocenters. The number of hydrogen-bond donors (Lipinski definition) is 2. The molecule has 0 bridgehead atoms. The van der Waals surface area contributed by atoms with Crippen LogP contribution in [-0.2, 0) is 16.1 Å². The van der Waals surface area contributed by atoms with Crippen molar-refractivity contribution in [3.63, 3.8) is 0 Å². The van der Waals surface area contributed by atoms with Crippen LogP contribution >= 0.6 is 0 Å². The van der Waals surface area contributed by atoms with Gasteiger partial charge in [-0.2, -0.15) is 0 Å². The summed E-state index contributed by atoms with van der Waals surface area (Å²) in [6.07, 6.45) is -1.64. The fourth-order valence-corrected chi connectivity index (χ4v) is 1.72. The highest BCUT2D eigenvalue weighted by Crippen LogP contribution is 2.18. The molecule has 0 radical (unpaired) electrons. The Kier molecular flexibility index (Phi) is 3.90. The molecule has 88 valence electrons. The Morgan fingerprint density at radius 1 is 1.25 bits per heavy atom. The van der Waals surface area contributed by atoms with Gasteiger partial charge in [0.1, 0.15) is 6.10 Å². The third-order valence-electron chi connectivity index (χ3n) is 2.58. The Bertz CT molecular complexity index is 304. The van der Waals surface area contributed by atoms with Gasteiger partial charge < -0.3 is 19.7 Å². The molecule has 2 rings (SSSR count). The first kappa shape index (κ1) is 11.5. The van der Waals surface area contributed by atoms with E-state index in [0.29, 0.717) is 19.6 Å². The number of aliphatic hydroxyl groups excluding tert-OH is 2. The molecule has 2 N–H and O–H groups in total. The van der Waals surface area contributed by atoms with E-state index < -0.39 is 12.4 Å². The van der Waals surface area contributed by atoms with E-state index in [-0.39, 0.29) is 6.10 Å². The van der Waals surface area contributed by atoms with E-state index in [9.17, 15) is 5.11 Å². The summed E-state index contributed by atoms with van der Waals surface area (Å²) in [5.74, 6) is 0. The number of aliphatic hydroxyl groups is 2. The van der Waals surface area contributed by atoms with Gasteiger partial charge in [0.2, 0.25) is 0 Å². The topological polar surface area (TPSA) is 58.9 Å². The van der Waals surface area contributed by atoms with Crippen molar-refractivity contribution in [2.75, 3.05) is 6.61 Å². The molecule has 16 heavy (non-hydrogen) atoms. The predicted molar refractivity (Wildman–Crippen MR) is 57.6 cm³/mol. The molecule has 1 aromatic carbocycles. The second kappa shape index (κ2) is 5.41. The Balaban J connectivity index is 1.69. The van der Waals surface area contributed by atoms with Crippen molar-refractivity contribution in [1.82, 2.24) is 0 Å². The van der Waals surface area contributed by atoms with Crippen molar-refractivity contribution in [2.45, 2.75) is 31.5 Å². The Morgan fingerprint density at radius 2 is 2.00 bits per heavy atom. The summed E-state index contributed by atoms with van der Waals surface area (Å²) in [6.45, 7) is 0.913. The van der Waals surface area contributed by atoms with E-state index in [0.717, 1.165) is 5.56 Å². The third-order valence-corrected chi connectivity index (χ3v) is 2.58. The first-order valence-electron chi connectivity index (χ1n) is 5.39. The summed E-state index contributed by atoms with van der Waals surface area (Å²) in [5, 5.41) is 18.4. The number of hydrogen-bond acceptors (Lipinski definition) is 4. The van der Waals surface area contributed by atoms with Crippen LogP contribution in [0.4, 0.5) is 0 Å². The van der Waals surface area contributed by atoms with Crippen molar-refractivity contribution < 1.29 is 19.7 Å². The largest absolute Gasteiger partial charge is 0.388 e. The lowest BCUT2D eigenvalue weighted by Gasteiger charge is -2.10. The van der Waals surface area contributed by atoms with Gasteiger partial charge in [0.15, 0.2) is 6.29 Å². The Morgan fingerprint density at radius 3 is 2.62 bits per heavy atom. The first-order valence-corrected chi connectivity index (χ1v) is 5.39. The van der Waals surface area contributed by atoms with Crippen LogP contribution in [0.1, 0.15) is 12.0 Å². The number of rotatable bonds is 4. The Labute approximate surface area is 94.4 Å². The summed E-state index contributed by atoms with van der Waals surface area (Å²) < 4.78 is 10.5. The van der Waals surface area contributed by atoms with Crippen LogP contribution in [0.3, 0.4) is 0 Å². The molecule has 3 atom stereocenters. The van der Waals surface area contributed by atoms with Gasteiger partial charge in [-0.05, 0) is 5.56 Å². The van der Waals surface area contributed by atoms with E-state index in [1.54, 1.807) is 0 Å². The minimum Gasteiger partial charge on any atom is -0.388 e. The van der Waals surface area contributed by atoms with Crippen LogP contribution in [0.15, 0.2) is 30.3 Å². The molecule has 1 aliphatic heterocycles. The third kappa shape index (κ3) is 3.02. The van der Waals surface area contributed by atoms with E-state index in [1.165, 1.54) is 0 Å². The Hall–Kier alpha value is -0.940. The molecule has 1 aliphatic rings. The van der Waals surface area contributed by atoms with Gasteiger partial charge in [0.05, 0.1) is 19.3 Å². The van der Waals surface area contributed by atoms with Crippen molar-refractivity contribution in [2.24, 2.45) is 0 Å². The van der Waals surface area contributed by atoms with Crippen molar-refractivity contribution in [1.29, 1.82) is 0 Å². The molecule has 4 heteroatoms. The minimum atomic E-state index is -1.06. The zero-order valence-electron chi connectivity index (χ0n) is 8.95. The zero-order valence-corrected chi connectivity index (χ0v) is 8.95. The number of ether oxygens (including phenoxy) is 2. The van der Waals surface area contributed by atoms with Gasteiger partial charge in [0.25, 0.3) is 0 Å². The maximum atomic E-state index is 9.25. The average molecular weight is 224 g/mol. The molecule has 0 amide bonds. The molecular weight excluding hydrogens is 208 g/mol. The van der Waals surface area contributed by atoms with Gasteiger partial charge in [-0.3, -0.25) is 0 Å². The van der Waals surface area contributed by atoms with Crippen LogP contribution in [0.25, 0.3) is 0 Å². The lowest BCUT2D eigenvalue weighted by molar-refractivity contribution is -0.137. The summed E-state index contributed by atoms with van der Waals surface area (Å²) in [7, 11) is 0. The van der Waals surface area contributed by atoms with Gasteiger partial charge in [0, 0.05) is 6.42 Å². The highest BCUT2D eigenvalue weighted by Gasteiger charge is 2.32. The monoisotopic (exact) mass is 224 g/mol. The first-order chi connectivity index (χ1) is 7.75. The number of benzene rings is 1. The molecule has 4 nitrogen and oxygen atoms in total. The minimum absolute atomic E-state index is 0.214. The molecule has 0 spiro atoms. The van der Waals surface area contributed by atoms with E-state index in [2.05, 4.69) is 0 Å². The van der Waals surface area contributed by atoms with Crippen LogP contribution in [0, 0.1) is 0 Å². The second-order valence-electron chi connectivity index (χ2n) is 3.95. The summed E-state index contributed by atoms with van der Waals surface area (Å²) in [5.41, 5.74) is 1.10. The second-order valence-corrected chi connectivity index (χ2v) is 3.95. The molecule has 1 fully saturated rings. The van der Waals surface area contributed by atoms with Crippen molar-refractivity contribution in [3.05, 3.63) is 35.9 Å². The van der Waals surface area contributed by atoms with Gasteiger partial charge in [-0.25, -0.2) is 0 Å². The molecule has 1 aromatic rings. The normalized spacial score (nSPS) is 29.5. The smallest absolute Gasteiger partial charge is 0.181 e. The maximum absolute atomic E-state index is 9.25. The quantitative estimate of drug-likeness (QED) is 0.789. The van der Waals surface area contributed by atoms with E-state index >= 15 is 0 Å². The SMILES string of the molecule is O[C@@H]1O[C@@H](COCc2ccccc2)C[C@@H]1O. The van der Waals surface area contributed by atoms with Gasteiger partial charge >= 0.3 is 0 Å². The van der Waals surface area contributed by atoms with Gasteiger partial charge in [-0.15, -0.1) is 0 Å². The van der Waals surface area contributed by atoms with Crippen molar-refractivity contribution >= 4 is 0 Å². The van der Waals surface area contributed by atoms with Crippen LogP contribution in [0.5, 0.6) is 0 Å². The standard InChI is InChI=1S/C12H16O4/c13-11-6-10(16-12(11)14)8-15-7-9-4-2-1-3-5-9/h1-5,10-14H,6-8H2/t10-,11+,12-/m1/s1. The highest BCUT2D eigenvalue weighted by atomic mass is 16.6. The average Bonchev–Trinajstić information content (AvgIpc) is 2.60. The highest BCUT2D eigenvalue weighted by molar-refractivity contribution is 5.13. The lowest BCUT2D eigenvalue weighted by Crippen LogP contribution is -2.19. The lowest BCUT2D eigenvalue weighted by atomic mass is 10.2.